The van der Waals surface area contributed by atoms with Crippen LogP contribution in [-0.4, -0.2) is 23.0 Å². The Hall–Kier alpha value is -1.84. The van der Waals surface area contributed by atoms with Crippen molar-refractivity contribution in [3.05, 3.63) is 23.3 Å². The molecule has 0 aromatic carbocycles. The van der Waals surface area contributed by atoms with Gasteiger partial charge in [0.15, 0.2) is 11.6 Å². The van der Waals surface area contributed by atoms with E-state index in [4.69, 9.17) is 10.2 Å². The third-order valence-electron chi connectivity index (χ3n) is 16.8. The number of hydrogen-bond acceptors (Lipinski definition) is 4. The van der Waals surface area contributed by atoms with Crippen LogP contribution in [0.15, 0.2) is 33.5 Å². The smallest absolute Gasteiger partial charge is 0.155 e. The van der Waals surface area contributed by atoms with Crippen molar-refractivity contribution >= 4 is 23.0 Å². The molecule has 8 aliphatic rings. The molecule has 0 saturated heterocycles. The molecule has 0 bridgehead atoms. The lowest BCUT2D eigenvalue weighted by Crippen LogP contribution is -2.53. The summed E-state index contributed by atoms with van der Waals surface area (Å²) in [4.78, 5) is 24.9. The van der Waals surface area contributed by atoms with E-state index in [1.807, 2.05) is 12.2 Å². The van der Waals surface area contributed by atoms with Crippen molar-refractivity contribution < 1.29 is 9.59 Å². The van der Waals surface area contributed by atoms with Gasteiger partial charge < -0.3 is 0 Å². The summed E-state index contributed by atoms with van der Waals surface area (Å²) in [5.41, 5.74) is 6.49. The van der Waals surface area contributed by atoms with Crippen LogP contribution in [0.2, 0.25) is 0 Å². The molecular formula is C40H56N2O2. The molecule has 0 aromatic heterocycles. The molecule has 12 atom stereocenters. The molecule has 8 rings (SSSR count). The first kappa shape index (κ1) is 29.6. The molecule has 0 aliphatic heterocycles. The molecule has 8 aliphatic carbocycles. The maximum absolute atomic E-state index is 12.4. The third kappa shape index (κ3) is 3.81. The van der Waals surface area contributed by atoms with Gasteiger partial charge in [0.25, 0.3) is 0 Å². The standard InChI is InChI=1S/C40H56N2O2/c1-23-19-27(43)21-25-7-9-29-31-11-13-35(37(31,3)17-15-33(29)39(23,25)5)41-42-36-14-12-32-30-10-8-26-22-28(44)20-24(2)40(26,6)34(30)16-18-38(32,36)4/h21-24,29-34H,7-20H2,1-6H3/b41-35-,42-36-/t23?,24?,29-,30-,31-,32-,33-,34-,37-,38-,39-,40-/m0/s1. The van der Waals surface area contributed by atoms with Crippen molar-refractivity contribution in [2.45, 2.75) is 131 Å². The van der Waals surface area contributed by atoms with E-state index in [2.05, 4.69) is 41.5 Å². The number of carbonyl (C=O) groups is 2. The molecule has 44 heavy (non-hydrogen) atoms. The van der Waals surface area contributed by atoms with Crippen LogP contribution in [0.1, 0.15) is 131 Å². The van der Waals surface area contributed by atoms with Crippen LogP contribution >= 0.6 is 0 Å². The molecule has 0 N–H and O–H groups in total. The minimum absolute atomic E-state index is 0.183. The van der Waals surface area contributed by atoms with Crippen LogP contribution in [-0.2, 0) is 9.59 Å². The van der Waals surface area contributed by atoms with Crippen LogP contribution < -0.4 is 0 Å². The van der Waals surface area contributed by atoms with Gasteiger partial charge in [-0.05, 0) is 147 Å². The summed E-state index contributed by atoms with van der Waals surface area (Å²) in [5.74, 6) is 5.95. The van der Waals surface area contributed by atoms with E-state index in [0.717, 1.165) is 50.4 Å². The number of carbonyl (C=O) groups excluding carboxylic acids is 2. The number of fused-ring (bicyclic) bond motifs is 10. The summed E-state index contributed by atoms with van der Waals surface area (Å²) in [6.45, 7) is 14.8. The summed E-state index contributed by atoms with van der Waals surface area (Å²) in [5, 5.41) is 10.5. The third-order valence-corrected chi connectivity index (χ3v) is 16.8. The number of ketones is 2. The average molecular weight is 597 g/mol. The summed E-state index contributed by atoms with van der Waals surface area (Å²) in [6.07, 6.45) is 20.0. The lowest BCUT2D eigenvalue weighted by molar-refractivity contribution is -0.120. The van der Waals surface area contributed by atoms with Crippen LogP contribution in [0.25, 0.3) is 0 Å². The second-order valence-electron chi connectivity index (χ2n) is 18.0. The lowest BCUT2D eigenvalue weighted by atomic mass is 9.45. The predicted molar refractivity (Wildman–Crippen MR) is 177 cm³/mol. The van der Waals surface area contributed by atoms with Crippen molar-refractivity contribution in [1.29, 1.82) is 0 Å². The Labute approximate surface area is 266 Å². The monoisotopic (exact) mass is 596 g/mol. The molecule has 6 fully saturated rings. The van der Waals surface area contributed by atoms with Crippen molar-refractivity contribution in [2.75, 3.05) is 0 Å². The van der Waals surface area contributed by atoms with Gasteiger partial charge in [0.2, 0.25) is 0 Å². The molecule has 0 amide bonds. The Kier molecular flexibility index (Phi) is 6.61. The largest absolute Gasteiger partial charge is 0.295 e. The van der Waals surface area contributed by atoms with Crippen molar-refractivity contribution in [3.63, 3.8) is 0 Å². The maximum Gasteiger partial charge on any atom is 0.155 e. The molecule has 0 aromatic rings. The zero-order chi connectivity index (χ0) is 30.8. The van der Waals surface area contributed by atoms with E-state index < -0.39 is 0 Å². The van der Waals surface area contributed by atoms with Gasteiger partial charge in [-0.25, -0.2) is 0 Å². The maximum atomic E-state index is 12.4. The number of rotatable bonds is 1. The minimum atomic E-state index is 0.183. The zero-order valence-corrected chi connectivity index (χ0v) is 28.4. The highest BCUT2D eigenvalue weighted by Gasteiger charge is 2.61. The molecule has 238 valence electrons. The summed E-state index contributed by atoms with van der Waals surface area (Å²) in [6, 6.07) is 0. The first-order valence-corrected chi connectivity index (χ1v) is 18.5. The predicted octanol–water partition coefficient (Wildman–Crippen LogP) is 9.34. The Morgan fingerprint density at radius 1 is 0.568 bits per heavy atom. The van der Waals surface area contributed by atoms with Crippen LogP contribution in [0.3, 0.4) is 0 Å². The highest BCUT2D eigenvalue weighted by molar-refractivity contribution is 5.96. The van der Waals surface area contributed by atoms with Gasteiger partial charge in [0.05, 0.1) is 0 Å². The highest BCUT2D eigenvalue weighted by atomic mass is 16.1. The van der Waals surface area contributed by atoms with Gasteiger partial charge >= 0.3 is 0 Å². The molecule has 0 radical (unpaired) electrons. The van der Waals surface area contributed by atoms with E-state index in [0.29, 0.717) is 47.1 Å². The Bertz CT molecular complexity index is 1310. The SMILES string of the molecule is CC1CC(=O)C=C2CC[C@H]3[C@@H]4CC/C(=N/N=C5/CC[C@H]6[C@@H]7CCC8=CC(=O)CC(C)[C@]8(C)[C@H]7CC[C@]56C)[C@@]4(C)CC[C@@H]3[C@]21C. The van der Waals surface area contributed by atoms with E-state index in [1.165, 1.54) is 73.9 Å². The Balaban J connectivity index is 1.03. The average Bonchev–Trinajstić information content (AvgIpc) is 3.49. The van der Waals surface area contributed by atoms with Crippen molar-refractivity contribution in [2.24, 2.45) is 79.2 Å². The first-order chi connectivity index (χ1) is 20.9. The first-order valence-electron chi connectivity index (χ1n) is 18.5. The molecule has 6 saturated carbocycles. The van der Waals surface area contributed by atoms with Gasteiger partial charge in [0.1, 0.15) is 0 Å². The van der Waals surface area contributed by atoms with Gasteiger partial charge in [0, 0.05) is 35.1 Å². The fourth-order valence-electron chi connectivity index (χ4n) is 13.9. The van der Waals surface area contributed by atoms with Crippen LogP contribution in [0.4, 0.5) is 0 Å². The van der Waals surface area contributed by atoms with E-state index >= 15 is 0 Å². The van der Waals surface area contributed by atoms with Crippen molar-refractivity contribution in [1.82, 2.24) is 0 Å². The fourth-order valence-corrected chi connectivity index (χ4v) is 13.9. The van der Waals surface area contributed by atoms with E-state index in [9.17, 15) is 9.59 Å². The number of nitrogens with zero attached hydrogens (tertiary/aromatic N) is 2. The van der Waals surface area contributed by atoms with Gasteiger partial charge in [-0.1, -0.05) is 52.7 Å². The summed E-state index contributed by atoms with van der Waals surface area (Å²) >= 11 is 0. The quantitative estimate of drug-likeness (QED) is 0.283. The normalized spacial score (nSPS) is 53.2. The van der Waals surface area contributed by atoms with E-state index in [-0.39, 0.29) is 21.7 Å². The topological polar surface area (TPSA) is 58.9 Å². The molecular weight excluding hydrogens is 540 g/mol. The summed E-state index contributed by atoms with van der Waals surface area (Å²) < 4.78 is 0. The Morgan fingerprint density at radius 3 is 1.39 bits per heavy atom. The van der Waals surface area contributed by atoms with Crippen LogP contribution in [0, 0.1) is 69.0 Å². The molecule has 0 spiro atoms. The van der Waals surface area contributed by atoms with Gasteiger partial charge in [-0.3, -0.25) is 9.59 Å². The highest BCUT2D eigenvalue weighted by Crippen LogP contribution is 2.67. The second kappa shape index (κ2) is 9.83. The fraction of sp³-hybridized carbons (Fsp3) is 0.800. The van der Waals surface area contributed by atoms with E-state index in [1.54, 1.807) is 0 Å². The van der Waals surface area contributed by atoms with Gasteiger partial charge in [-0.2, -0.15) is 10.2 Å². The van der Waals surface area contributed by atoms with Gasteiger partial charge in [-0.15, -0.1) is 0 Å². The molecule has 2 unspecified atom stereocenters. The molecule has 4 nitrogen and oxygen atoms in total. The van der Waals surface area contributed by atoms with Crippen molar-refractivity contribution in [3.8, 4) is 0 Å². The number of hydrogen-bond donors (Lipinski definition) is 0. The summed E-state index contributed by atoms with van der Waals surface area (Å²) in [7, 11) is 0. The zero-order valence-electron chi connectivity index (χ0n) is 28.4. The van der Waals surface area contributed by atoms with Crippen LogP contribution in [0.5, 0.6) is 0 Å². The molecule has 0 heterocycles. The Morgan fingerprint density at radius 2 is 0.977 bits per heavy atom. The second-order valence-corrected chi connectivity index (χ2v) is 18.0. The minimum Gasteiger partial charge on any atom is -0.295 e. The number of allylic oxidation sites excluding steroid dienone is 2. The molecule has 4 heteroatoms. The lowest BCUT2D eigenvalue weighted by Gasteiger charge is -2.59.